The van der Waals surface area contributed by atoms with E-state index < -0.39 is 0 Å². The molecular weight excluding hydrogens is 154 g/mol. The number of aliphatic hydroxyl groups excluding tert-OH is 1. The van der Waals surface area contributed by atoms with E-state index in [1.54, 1.807) is 0 Å². The molecular formula is C9H17NO2. The van der Waals surface area contributed by atoms with Crippen LogP contribution in [0, 0.1) is 5.41 Å². The molecule has 1 saturated carbocycles. The van der Waals surface area contributed by atoms with Crippen molar-refractivity contribution in [1.29, 1.82) is 0 Å². The summed E-state index contributed by atoms with van der Waals surface area (Å²) in [7, 11) is 0. The first-order chi connectivity index (χ1) is 5.62. The zero-order valence-electron chi connectivity index (χ0n) is 7.55. The van der Waals surface area contributed by atoms with Crippen LogP contribution < -0.4 is 5.73 Å². The summed E-state index contributed by atoms with van der Waals surface area (Å²) in [6.45, 7) is 3.72. The predicted molar refractivity (Wildman–Crippen MR) is 45.7 cm³/mol. The molecule has 0 amide bonds. The van der Waals surface area contributed by atoms with Gasteiger partial charge in [0.25, 0.3) is 0 Å². The second-order valence-corrected chi connectivity index (χ2v) is 4.34. The Labute approximate surface area is 72.9 Å². The summed E-state index contributed by atoms with van der Waals surface area (Å²) in [6, 6.07) is 0. The minimum atomic E-state index is -0.168. The third kappa shape index (κ3) is 0.873. The maximum Gasteiger partial charge on any atom is 0.0575 e. The van der Waals surface area contributed by atoms with Gasteiger partial charge in [-0.15, -0.1) is 0 Å². The van der Waals surface area contributed by atoms with Crippen LogP contribution >= 0.6 is 0 Å². The van der Waals surface area contributed by atoms with Crippen molar-refractivity contribution in [3.63, 3.8) is 0 Å². The van der Waals surface area contributed by atoms with E-state index in [1.165, 1.54) is 0 Å². The Morgan fingerprint density at radius 2 is 2.08 bits per heavy atom. The third-order valence-electron chi connectivity index (χ3n) is 3.69. The van der Waals surface area contributed by atoms with Crippen molar-refractivity contribution < 1.29 is 9.84 Å². The molecule has 0 atom stereocenters. The van der Waals surface area contributed by atoms with E-state index in [0.29, 0.717) is 0 Å². The lowest BCUT2D eigenvalue weighted by Crippen LogP contribution is -2.71. The first kappa shape index (κ1) is 8.48. The molecule has 1 aliphatic heterocycles. The van der Waals surface area contributed by atoms with Gasteiger partial charge in [-0.2, -0.15) is 0 Å². The lowest BCUT2D eigenvalue weighted by atomic mass is 9.56. The van der Waals surface area contributed by atoms with E-state index in [4.69, 9.17) is 10.5 Å². The molecule has 1 heterocycles. The van der Waals surface area contributed by atoms with E-state index in [1.807, 2.05) is 0 Å². The second kappa shape index (κ2) is 2.44. The topological polar surface area (TPSA) is 55.5 Å². The summed E-state index contributed by atoms with van der Waals surface area (Å²) >= 11 is 0. The van der Waals surface area contributed by atoms with Gasteiger partial charge in [0, 0.05) is 11.0 Å². The fourth-order valence-electron chi connectivity index (χ4n) is 2.41. The number of hydrogen-bond acceptors (Lipinski definition) is 3. The number of rotatable bonds is 2. The fraction of sp³-hybridized carbons (Fsp3) is 1.00. The van der Waals surface area contributed by atoms with Crippen LogP contribution in [0.1, 0.15) is 26.2 Å². The highest BCUT2D eigenvalue weighted by Crippen LogP contribution is 2.50. The molecule has 0 aromatic carbocycles. The lowest BCUT2D eigenvalue weighted by molar-refractivity contribution is -0.194. The van der Waals surface area contributed by atoms with Crippen molar-refractivity contribution in [3.8, 4) is 0 Å². The van der Waals surface area contributed by atoms with Crippen molar-refractivity contribution in [2.45, 2.75) is 37.8 Å². The van der Waals surface area contributed by atoms with E-state index in [2.05, 4.69) is 6.92 Å². The Balaban J connectivity index is 2.07. The number of ether oxygens (including phenoxy) is 1. The molecule has 2 fully saturated rings. The van der Waals surface area contributed by atoms with E-state index in [-0.39, 0.29) is 17.1 Å². The van der Waals surface area contributed by atoms with E-state index in [0.717, 1.165) is 32.5 Å². The molecule has 0 bridgehead atoms. The molecule has 3 heteroatoms. The first-order valence-corrected chi connectivity index (χ1v) is 4.67. The summed E-state index contributed by atoms with van der Waals surface area (Å²) in [5.41, 5.74) is 6.24. The first-order valence-electron chi connectivity index (χ1n) is 4.67. The van der Waals surface area contributed by atoms with Gasteiger partial charge in [0.1, 0.15) is 0 Å². The normalized spacial score (nSPS) is 44.8. The number of nitrogens with two attached hydrogens (primary N) is 1. The molecule has 3 nitrogen and oxygen atoms in total. The zero-order valence-corrected chi connectivity index (χ0v) is 7.55. The van der Waals surface area contributed by atoms with E-state index in [9.17, 15) is 5.11 Å². The van der Waals surface area contributed by atoms with Crippen LogP contribution in [0.2, 0.25) is 0 Å². The molecule has 3 N–H and O–H groups in total. The monoisotopic (exact) mass is 171 g/mol. The minimum Gasteiger partial charge on any atom is -0.393 e. The lowest BCUT2D eigenvalue weighted by Gasteiger charge is -2.59. The highest BCUT2D eigenvalue weighted by atomic mass is 16.5. The van der Waals surface area contributed by atoms with Gasteiger partial charge < -0.3 is 15.6 Å². The molecule has 2 aliphatic rings. The second-order valence-electron chi connectivity index (χ2n) is 4.34. The van der Waals surface area contributed by atoms with Gasteiger partial charge in [-0.05, 0) is 19.3 Å². The molecule has 70 valence electrons. The largest absolute Gasteiger partial charge is 0.393 e. The van der Waals surface area contributed by atoms with Crippen molar-refractivity contribution in [3.05, 3.63) is 0 Å². The van der Waals surface area contributed by atoms with Crippen LogP contribution in [-0.2, 0) is 4.74 Å². The summed E-state index contributed by atoms with van der Waals surface area (Å²) < 4.78 is 5.22. The van der Waals surface area contributed by atoms with Crippen LogP contribution in [0.4, 0.5) is 0 Å². The molecule has 0 aromatic heterocycles. The summed E-state index contributed by atoms with van der Waals surface area (Å²) in [5.74, 6) is 0. The van der Waals surface area contributed by atoms with Crippen molar-refractivity contribution in [2.24, 2.45) is 11.1 Å². The molecule has 1 aliphatic carbocycles. The van der Waals surface area contributed by atoms with Gasteiger partial charge in [-0.3, -0.25) is 0 Å². The highest BCUT2D eigenvalue weighted by molar-refractivity contribution is 5.13. The molecule has 0 aromatic rings. The van der Waals surface area contributed by atoms with Gasteiger partial charge in [0.05, 0.1) is 19.3 Å². The minimum absolute atomic E-state index is 0.139. The Hall–Kier alpha value is -0.120. The third-order valence-corrected chi connectivity index (χ3v) is 3.69. The van der Waals surface area contributed by atoms with Crippen molar-refractivity contribution in [1.82, 2.24) is 0 Å². The van der Waals surface area contributed by atoms with Crippen molar-refractivity contribution >= 4 is 0 Å². The van der Waals surface area contributed by atoms with Gasteiger partial charge in [0.2, 0.25) is 0 Å². The number of hydrogen-bond donors (Lipinski definition) is 2. The average Bonchev–Trinajstić information content (AvgIpc) is 1.82. The standard InChI is InChI=1S/C9H17NO2/c1-2-8(5-12-6-8)9(10)3-7(11)4-9/h7,11H,2-6,10H2,1H3. The molecule has 0 radical (unpaired) electrons. The Bertz CT molecular complexity index is 177. The molecule has 0 spiro atoms. The van der Waals surface area contributed by atoms with Gasteiger partial charge >= 0.3 is 0 Å². The van der Waals surface area contributed by atoms with Gasteiger partial charge in [-0.25, -0.2) is 0 Å². The molecule has 2 rings (SSSR count). The maximum atomic E-state index is 9.24. The van der Waals surface area contributed by atoms with Crippen LogP contribution in [0.5, 0.6) is 0 Å². The SMILES string of the molecule is CCC1(C2(N)CC(O)C2)COC1. The Morgan fingerprint density at radius 1 is 1.50 bits per heavy atom. The van der Waals surface area contributed by atoms with E-state index >= 15 is 0 Å². The maximum absolute atomic E-state index is 9.24. The van der Waals surface area contributed by atoms with Crippen LogP contribution in [0.3, 0.4) is 0 Å². The van der Waals surface area contributed by atoms with Crippen LogP contribution in [0.15, 0.2) is 0 Å². The zero-order chi connectivity index (χ0) is 8.82. The van der Waals surface area contributed by atoms with Crippen LogP contribution in [-0.4, -0.2) is 30.0 Å². The highest BCUT2D eigenvalue weighted by Gasteiger charge is 2.58. The van der Waals surface area contributed by atoms with Gasteiger partial charge in [0.15, 0.2) is 0 Å². The summed E-state index contributed by atoms with van der Waals surface area (Å²) in [4.78, 5) is 0. The average molecular weight is 171 g/mol. The molecule has 1 saturated heterocycles. The summed E-state index contributed by atoms with van der Waals surface area (Å²) in [6.07, 6.45) is 2.41. The predicted octanol–water partition coefficient (Wildman–Crippen LogP) is 0.265. The van der Waals surface area contributed by atoms with Gasteiger partial charge in [-0.1, -0.05) is 6.92 Å². The molecule has 12 heavy (non-hydrogen) atoms. The Morgan fingerprint density at radius 3 is 2.33 bits per heavy atom. The summed E-state index contributed by atoms with van der Waals surface area (Å²) in [5, 5.41) is 9.24. The smallest absolute Gasteiger partial charge is 0.0575 e. The Kier molecular flexibility index (Phi) is 1.72. The van der Waals surface area contributed by atoms with Crippen LogP contribution in [0.25, 0.3) is 0 Å². The number of aliphatic hydroxyl groups is 1. The molecule has 0 unspecified atom stereocenters. The fourth-order valence-corrected chi connectivity index (χ4v) is 2.41. The van der Waals surface area contributed by atoms with Crippen molar-refractivity contribution in [2.75, 3.05) is 13.2 Å². The quantitative estimate of drug-likeness (QED) is 0.627.